The van der Waals surface area contributed by atoms with Gasteiger partial charge in [0.05, 0.1) is 41.8 Å². The van der Waals surface area contributed by atoms with Crippen molar-refractivity contribution in [2.75, 3.05) is 5.75 Å². The first-order chi connectivity index (χ1) is 21.5. The third-order valence-corrected chi connectivity index (χ3v) is 12.4. The Morgan fingerprint density at radius 3 is 2.76 bits per heavy atom. The SMILES string of the molecule is C[C@H]1C[C@@H]2[C@H]([C@@H](O)C[C@@]3(C)[C@H]2CC[C@]3(OC(=O)c2ccco2)C(=O)SCC#N)[C@@]2(C)Cc3cnn(-c4ccc(F)cc4)c3C=C12. The molecule has 7 rings (SSSR count). The van der Waals surface area contributed by atoms with Crippen LogP contribution in [0.2, 0.25) is 0 Å². The number of thioether (sulfide) groups is 1. The summed E-state index contributed by atoms with van der Waals surface area (Å²) in [4.78, 5) is 27.3. The van der Waals surface area contributed by atoms with E-state index in [2.05, 4.69) is 25.0 Å². The maximum atomic E-state index is 14.0. The van der Waals surface area contributed by atoms with E-state index in [-0.39, 0.29) is 51.5 Å². The Morgan fingerprint density at radius 1 is 1.27 bits per heavy atom. The number of fused-ring (bicyclic) bond motifs is 6. The number of rotatable bonds is 5. The molecule has 0 unspecified atom stereocenters. The number of hydrogen-bond donors (Lipinski definition) is 1. The molecule has 0 aliphatic heterocycles. The van der Waals surface area contributed by atoms with Crippen molar-refractivity contribution >= 4 is 28.9 Å². The number of nitriles is 1. The van der Waals surface area contributed by atoms with Crippen molar-refractivity contribution in [1.82, 2.24) is 9.78 Å². The Hall–Kier alpha value is -3.68. The highest BCUT2D eigenvalue weighted by atomic mass is 32.2. The van der Waals surface area contributed by atoms with Gasteiger partial charge >= 0.3 is 5.97 Å². The third kappa shape index (κ3) is 4.38. The molecular formula is C35H36FN3O5S. The van der Waals surface area contributed by atoms with Gasteiger partial charge in [0.2, 0.25) is 10.9 Å². The number of esters is 1. The zero-order valence-corrected chi connectivity index (χ0v) is 26.4. The van der Waals surface area contributed by atoms with Crippen LogP contribution in [0.4, 0.5) is 4.39 Å². The number of ether oxygens (including phenoxy) is 1. The highest BCUT2D eigenvalue weighted by Crippen LogP contribution is 2.69. The molecule has 0 radical (unpaired) electrons. The molecule has 0 spiro atoms. The zero-order valence-electron chi connectivity index (χ0n) is 25.5. The molecule has 4 aliphatic carbocycles. The molecule has 0 amide bonds. The second kappa shape index (κ2) is 10.7. The molecule has 3 aromatic rings. The van der Waals surface area contributed by atoms with E-state index in [1.54, 1.807) is 18.2 Å². The summed E-state index contributed by atoms with van der Waals surface area (Å²) in [6.45, 7) is 6.48. The number of carbonyl (C=O) groups is 2. The fraction of sp³-hybridized carbons (Fsp3) is 0.486. The van der Waals surface area contributed by atoms with E-state index in [9.17, 15) is 24.3 Å². The second-order valence-corrected chi connectivity index (χ2v) is 14.7. The lowest BCUT2D eigenvalue weighted by atomic mass is 9.44. The normalized spacial score (nSPS) is 34.8. The standard InChI is InChI=1S/C35H36FN3O5S/c1-20-15-24-25-10-11-35(32(42)45-14-12-37,44-31(41)29-5-4-13-43-29)34(25,3)18-28(40)30(24)33(2)17-21-19-38-39(27(21)16-26(20)33)23-8-6-22(36)7-9-23/h4-9,13,16,19-20,24-25,28,30,40H,10-11,14-15,17-18H2,1-3H3/t20-,24-,25-,28-,30+,33-,34-,35-/m0/s1. The summed E-state index contributed by atoms with van der Waals surface area (Å²) in [5, 5.41) is 25.8. The van der Waals surface area contributed by atoms with Crippen LogP contribution in [-0.4, -0.2) is 43.4 Å². The van der Waals surface area contributed by atoms with E-state index in [1.165, 1.54) is 30.0 Å². The fourth-order valence-electron chi connectivity index (χ4n) is 9.76. The minimum Gasteiger partial charge on any atom is -0.457 e. The van der Waals surface area contributed by atoms with Gasteiger partial charge in [0.15, 0.2) is 5.60 Å². The highest BCUT2D eigenvalue weighted by molar-refractivity contribution is 8.14. The van der Waals surface area contributed by atoms with Crippen molar-refractivity contribution < 1.29 is 28.2 Å². The average Bonchev–Trinajstić information content (AvgIpc) is 3.74. The topological polar surface area (TPSA) is 118 Å². The number of benzene rings is 1. The van der Waals surface area contributed by atoms with Crippen LogP contribution in [0.25, 0.3) is 11.8 Å². The van der Waals surface area contributed by atoms with Crippen molar-refractivity contribution in [3.8, 4) is 11.8 Å². The smallest absolute Gasteiger partial charge is 0.375 e. The van der Waals surface area contributed by atoms with Crippen molar-refractivity contribution in [2.24, 2.45) is 34.5 Å². The number of carbonyl (C=O) groups excluding carboxylic acids is 2. The molecule has 2 heterocycles. The number of aliphatic hydroxyl groups is 1. The Kier molecular flexibility index (Phi) is 7.13. The van der Waals surface area contributed by atoms with Gasteiger partial charge in [-0.15, -0.1) is 0 Å². The van der Waals surface area contributed by atoms with Gasteiger partial charge in [-0.05, 0) is 109 Å². The van der Waals surface area contributed by atoms with E-state index in [0.717, 1.165) is 35.1 Å². The number of halogens is 1. The van der Waals surface area contributed by atoms with E-state index in [1.807, 2.05) is 23.9 Å². The Labute approximate surface area is 265 Å². The number of aromatic nitrogens is 2. The average molecular weight is 630 g/mol. The van der Waals surface area contributed by atoms with Gasteiger partial charge in [-0.3, -0.25) is 4.79 Å². The van der Waals surface area contributed by atoms with E-state index in [0.29, 0.717) is 25.7 Å². The number of allylic oxidation sites excluding steroid dienone is 1. The number of furan rings is 1. The van der Waals surface area contributed by atoms with Gasteiger partial charge in [-0.2, -0.15) is 10.4 Å². The Morgan fingerprint density at radius 2 is 2.04 bits per heavy atom. The van der Waals surface area contributed by atoms with Crippen LogP contribution in [0.15, 0.2) is 58.8 Å². The minimum atomic E-state index is -1.49. The van der Waals surface area contributed by atoms with Gasteiger partial charge in [0.25, 0.3) is 0 Å². The fourth-order valence-corrected chi connectivity index (χ4v) is 10.6. The Bertz CT molecular complexity index is 1730. The van der Waals surface area contributed by atoms with Gasteiger partial charge in [0.1, 0.15) is 5.82 Å². The molecule has 45 heavy (non-hydrogen) atoms. The molecule has 0 bridgehead atoms. The minimum absolute atomic E-state index is 0.0153. The molecule has 3 saturated carbocycles. The van der Waals surface area contributed by atoms with E-state index >= 15 is 0 Å². The molecule has 0 saturated heterocycles. The summed E-state index contributed by atoms with van der Waals surface area (Å²) in [5.41, 5.74) is 1.46. The van der Waals surface area contributed by atoms with E-state index < -0.39 is 23.1 Å². The molecule has 3 fully saturated rings. The molecule has 1 N–H and O–H groups in total. The van der Waals surface area contributed by atoms with Crippen LogP contribution >= 0.6 is 11.8 Å². The summed E-state index contributed by atoms with van der Waals surface area (Å²) in [6.07, 6.45) is 7.56. The molecule has 1 aromatic carbocycles. The van der Waals surface area contributed by atoms with Crippen LogP contribution < -0.4 is 0 Å². The zero-order chi connectivity index (χ0) is 31.7. The summed E-state index contributed by atoms with van der Waals surface area (Å²) in [7, 11) is 0. The first-order valence-electron chi connectivity index (χ1n) is 15.6. The molecule has 2 aromatic heterocycles. The van der Waals surface area contributed by atoms with Gasteiger partial charge in [-0.1, -0.05) is 38.1 Å². The predicted molar refractivity (Wildman–Crippen MR) is 165 cm³/mol. The molecule has 8 atom stereocenters. The molecule has 4 aliphatic rings. The monoisotopic (exact) mass is 629 g/mol. The van der Waals surface area contributed by atoms with Crippen LogP contribution in [0.3, 0.4) is 0 Å². The lowest BCUT2D eigenvalue weighted by Gasteiger charge is -2.61. The van der Waals surface area contributed by atoms with Crippen LogP contribution in [-0.2, 0) is 16.0 Å². The van der Waals surface area contributed by atoms with Crippen molar-refractivity contribution in [2.45, 2.75) is 64.6 Å². The number of nitrogens with zero attached hydrogens (tertiary/aromatic N) is 3. The highest BCUT2D eigenvalue weighted by Gasteiger charge is 2.71. The molecule has 8 nitrogen and oxygen atoms in total. The summed E-state index contributed by atoms with van der Waals surface area (Å²) < 4.78 is 27.0. The largest absolute Gasteiger partial charge is 0.457 e. The van der Waals surface area contributed by atoms with Crippen LogP contribution in [0.1, 0.15) is 68.3 Å². The first-order valence-corrected chi connectivity index (χ1v) is 16.5. The van der Waals surface area contributed by atoms with Gasteiger partial charge in [-0.25, -0.2) is 13.9 Å². The number of hydrogen-bond acceptors (Lipinski definition) is 8. The molecule has 10 heteroatoms. The Balaban J connectivity index is 1.25. The van der Waals surface area contributed by atoms with Crippen molar-refractivity contribution in [3.05, 3.63) is 77.3 Å². The lowest BCUT2D eigenvalue weighted by molar-refractivity contribution is -0.177. The molecule has 234 valence electrons. The maximum absolute atomic E-state index is 14.0. The van der Waals surface area contributed by atoms with Crippen LogP contribution in [0, 0.1) is 51.6 Å². The quantitative estimate of drug-likeness (QED) is 0.323. The summed E-state index contributed by atoms with van der Waals surface area (Å²) in [5.74, 6) is -0.816. The van der Waals surface area contributed by atoms with Gasteiger partial charge < -0.3 is 14.3 Å². The van der Waals surface area contributed by atoms with Crippen molar-refractivity contribution in [3.63, 3.8) is 0 Å². The van der Waals surface area contributed by atoms with Crippen LogP contribution in [0.5, 0.6) is 0 Å². The number of aliphatic hydroxyl groups excluding tert-OH is 1. The maximum Gasteiger partial charge on any atom is 0.375 e. The van der Waals surface area contributed by atoms with Gasteiger partial charge in [0, 0.05) is 5.41 Å². The van der Waals surface area contributed by atoms with E-state index in [4.69, 9.17) is 9.15 Å². The third-order valence-electron chi connectivity index (χ3n) is 11.5. The second-order valence-electron chi connectivity index (χ2n) is 13.7. The predicted octanol–water partition coefficient (Wildman–Crippen LogP) is 6.38. The summed E-state index contributed by atoms with van der Waals surface area (Å²) >= 11 is 0.879. The first kappa shape index (κ1) is 30.0. The summed E-state index contributed by atoms with van der Waals surface area (Å²) in [6, 6.07) is 11.5. The lowest BCUT2D eigenvalue weighted by Crippen LogP contribution is -2.63. The molecular weight excluding hydrogens is 593 g/mol. The van der Waals surface area contributed by atoms with Crippen molar-refractivity contribution in [1.29, 1.82) is 5.26 Å².